The van der Waals surface area contributed by atoms with Crippen LogP contribution in [0.25, 0.3) is 0 Å². The van der Waals surface area contributed by atoms with Gasteiger partial charge >= 0.3 is 5.97 Å². The zero-order valence-corrected chi connectivity index (χ0v) is 20.7. The molecule has 1 fully saturated rings. The molecule has 1 aromatic carbocycles. The molecular weight excluding hydrogens is 430 g/mol. The van der Waals surface area contributed by atoms with Crippen LogP contribution in [0.4, 0.5) is 0 Å². The Labute approximate surface area is 192 Å². The van der Waals surface area contributed by atoms with E-state index in [9.17, 15) is 18.0 Å². The zero-order valence-electron chi connectivity index (χ0n) is 19.9. The number of hydrogen-bond donors (Lipinski definition) is 0. The van der Waals surface area contributed by atoms with Crippen LogP contribution < -0.4 is 0 Å². The zero-order chi connectivity index (χ0) is 23.9. The van der Waals surface area contributed by atoms with E-state index in [1.165, 1.54) is 28.6 Å². The Balaban J connectivity index is 1.96. The van der Waals surface area contributed by atoms with Crippen molar-refractivity contribution < 1.29 is 22.7 Å². The number of benzene rings is 1. The van der Waals surface area contributed by atoms with Crippen LogP contribution in [-0.2, 0) is 19.6 Å². The Hall–Kier alpha value is -1.97. The minimum atomic E-state index is -3.66. The summed E-state index contributed by atoms with van der Waals surface area (Å²) in [5.41, 5.74) is 0.321. The van der Waals surface area contributed by atoms with E-state index < -0.39 is 16.0 Å². The fraction of sp³-hybridized carbons (Fsp3) is 0.652. The summed E-state index contributed by atoms with van der Waals surface area (Å²) >= 11 is 0. The number of esters is 1. The maximum atomic E-state index is 13.0. The van der Waals surface area contributed by atoms with E-state index in [4.69, 9.17) is 4.74 Å². The van der Waals surface area contributed by atoms with Gasteiger partial charge in [0.05, 0.1) is 23.6 Å². The first-order valence-corrected chi connectivity index (χ1v) is 12.8. The molecule has 9 heteroatoms. The summed E-state index contributed by atoms with van der Waals surface area (Å²) in [6, 6.07) is 5.82. The molecule has 1 amide bonds. The van der Waals surface area contributed by atoms with Gasteiger partial charge in [0.15, 0.2) is 0 Å². The number of hydrogen-bond acceptors (Lipinski definition) is 6. The predicted molar refractivity (Wildman–Crippen MR) is 124 cm³/mol. The standard InChI is InChI=1S/C23H37N3O5S/c1-6-31-23(28)20-7-9-21(10-8-20)32(29,30)26-13-11-24(12-14-26)17-22(27)25(15-18(2)3)16-19(4)5/h7-10,18-19H,6,11-17H2,1-5H3. The van der Waals surface area contributed by atoms with Crippen molar-refractivity contribution in [1.29, 1.82) is 0 Å². The summed E-state index contributed by atoms with van der Waals surface area (Å²) in [4.78, 5) is 28.7. The molecule has 1 heterocycles. The Morgan fingerprint density at radius 1 is 0.969 bits per heavy atom. The van der Waals surface area contributed by atoms with Crippen molar-refractivity contribution in [1.82, 2.24) is 14.1 Å². The normalized spacial score (nSPS) is 15.8. The van der Waals surface area contributed by atoms with Crippen LogP contribution in [0, 0.1) is 11.8 Å². The van der Waals surface area contributed by atoms with Gasteiger partial charge in [-0.3, -0.25) is 9.69 Å². The molecule has 0 aromatic heterocycles. The Morgan fingerprint density at radius 2 is 1.50 bits per heavy atom. The highest BCUT2D eigenvalue weighted by atomic mass is 32.2. The maximum absolute atomic E-state index is 13.0. The van der Waals surface area contributed by atoms with Crippen LogP contribution in [0.1, 0.15) is 45.0 Å². The van der Waals surface area contributed by atoms with Crippen LogP contribution >= 0.6 is 0 Å². The van der Waals surface area contributed by atoms with E-state index in [0.717, 1.165) is 13.1 Å². The lowest BCUT2D eigenvalue weighted by Gasteiger charge is -2.35. The number of carbonyl (C=O) groups is 2. The fourth-order valence-corrected chi connectivity index (χ4v) is 5.13. The number of nitrogens with zero attached hydrogens (tertiary/aromatic N) is 3. The molecule has 1 aliphatic heterocycles. The Morgan fingerprint density at radius 3 is 1.97 bits per heavy atom. The van der Waals surface area contributed by atoms with Gasteiger partial charge in [0, 0.05) is 39.3 Å². The minimum absolute atomic E-state index is 0.0956. The second-order valence-electron chi connectivity index (χ2n) is 9.01. The molecule has 1 aliphatic rings. The quantitative estimate of drug-likeness (QED) is 0.491. The van der Waals surface area contributed by atoms with Crippen LogP contribution in [0.2, 0.25) is 0 Å². The lowest BCUT2D eigenvalue weighted by molar-refractivity contribution is -0.133. The topological polar surface area (TPSA) is 87.2 Å². The average Bonchev–Trinajstić information content (AvgIpc) is 2.73. The van der Waals surface area contributed by atoms with Gasteiger partial charge in [-0.15, -0.1) is 0 Å². The van der Waals surface area contributed by atoms with Crippen molar-refractivity contribution in [2.75, 3.05) is 52.4 Å². The van der Waals surface area contributed by atoms with Crippen molar-refractivity contribution in [2.24, 2.45) is 11.8 Å². The van der Waals surface area contributed by atoms with E-state index in [2.05, 4.69) is 27.7 Å². The van der Waals surface area contributed by atoms with Gasteiger partial charge in [0.2, 0.25) is 15.9 Å². The molecule has 0 saturated carbocycles. The van der Waals surface area contributed by atoms with Gasteiger partial charge in [-0.25, -0.2) is 13.2 Å². The van der Waals surface area contributed by atoms with Crippen LogP contribution in [0.3, 0.4) is 0 Å². The van der Waals surface area contributed by atoms with Gasteiger partial charge in [-0.1, -0.05) is 27.7 Å². The average molecular weight is 468 g/mol. The van der Waals surface area contributed by atoms with Crippen LogP contribution in [0.5, 0.6) is 0 Å². The third-order valence-corrected chi connectivity index (χ3v) is 7.13. The van der Waals surface area contributed by atoms with Gasteiger partial charge in [-0.05, 0) is 43.0 Å². The third-order valence-electron chi connectivity index (χ3n) is 5.22. The number of sulfonamides is 1. The molecule has 8 nitrogen and oxygen atoms in total. The molecule has 2 rings (SSSR count). The molecule has 0 N–H and O–H groups in total. The fourth-order valence-electron chi connectivity index (χ4n) is 3.71. The van der Waals surface area contributed by atoms with Crippen molar-refractivity contribution in [3.05, 3.63) is 29.8 Å². The highest BCUT2D eigenvalue weighted by Crippen LogP contribution is 2.19. The van der Waals surface area contributed by atoms with E-state index in [-0.39, 0.29) is 17.4 Å². The first-order valence-electron chi connectivity index (χ1n) is 11.3. The highest BCUT2D eigenvalue weighted by molar-refractivity contribution is 7.89. The van der Waals surface area contributed by atoms with Gasteiger partial charge in [0.1, 0.15) is 0 Å². The van der Waals surface area contributed by atoms with Crippen molar-refractivity contribution in [2.45, 2.75) is 39.5 Å². The number of ether oxygens (including phenoxy) is 1. The van der Waals surface area contributed by atoms with Crippen LogP contribution in [0.15, 0.2) is 29.2 Å². The molecule has 0 unspecified atom stereocenters. The summed E-state index contributed by atoms with van der Waals surface area (Å²) in [7, 11) is -3.66. The van der Waals surface area contributed by atoms with Crippen LogP contribution in [-0.4, -0.2) is 86.8 Å². The summed E-state index contributed by atoms with van der Waals surface area (Å²) < 4.78 is 32.4. The summed E-state index contributed by atoms with van der Waals surface area (Å²) in [5.74, 6) is 0.418. The van der Waals surface area contributed by atoms with Crippen molar-refractivity contribution in [3.63, 3.8) is 0 Å². The second kappa shape index (κ2) is 11.8. The Bertz CT molecular complexity index is 850. The lowest BCUT2D eigenvalue weighted by Crippen LogP contribution is -2.52. The van der Waals surface area contributed by atoms with Gasteiger partial charge < -0.3 is 9.64 Å². The lowest BCUT2D eigenvalue weighted by atomic mass is 10.1. The second-order valence-corrected chi connectivity index (χ2v) is 10.9. The minimum Gasteiger partial charge on any atom is -0.462 e. The van der Waals surface area contributed by atoms with E-state index in [1.807, 2.05) is 9.80 Å². The largest absolute Gasteiger partial charge is 0.462 e. The first-order chi connectivity index (χ1) is 15.0. The van der Waals surface area contributed by atoms with E-state index >= 15 is 0 Å². The number of amides is 1. The maximum Gasteiger partial charge on any atom is 0.338 e. The molecule has 0 radical (unpaired) electrons. The molecule has 1 aromatic rings. The summed E-state index contributed by atoms with van der Waals surface area (Å²) in [6.45, 7) is 13.8. The monoisotopic (exact) mass is 467 g/mol. The SMILES string of the molecule is CCOC(=O)c1ccc(S(=O)(=O)N2CCN(CC(=O)N(CC(C)C)CC(C)C)CC2)cc1. The Kier molecular flexibility index (Phi) is 9.66. The number of piperazine rings is 1. The molecule has 32 heavy (non-hydrogen) atoms. The molecule has 0 atom stereocenters. The third kappa shape index (κ3) is 7.28. The first kappa shape index (κ1) is 26.3. The summed E-state index contributed by atoms with van der Waals surface area (Å²) in [5, 5.41) is 0. The number of carbonyl (C=O) groups excluding carboxylic acids is 2. The predicted octanol–water partition coefficient (Wildman–Crippen LogP) is 2.31. The molecule has 0 aliphatic carbocycles. The van der Waals surface area contributed by atoms with Crippen molar-refractivity contribution >= 4 is 21.9 Å². The van der Waals surface area contributed by atoms with Crippen molar-refractivity contribution in [3.8, 4) is 0 Å². The smallest absolute Gasteiger partial charge is 0.338 e. The van der Waals surface area contributed by atoms with Gasteiger partial charge in [-0.2, -0.15) is 4.31 Å². The highest BCUT2D eigenvalue weighted by Gasteiger charge is 2.30. The molecule has 1 saturated heterocycles. The molecule has 180 valence electrons. The summed E-state index contributed by atoms with van der Waals surface area (Å²) in [6.07, 6.45) is 0. The molecule has 0 spiro atoms. The number of rotatable bonds is 10. The molecular formula is C23H37N3O5S. The molecule has 0 bridgehead atoms. The van der Waals surface area contributed by atoms with E-state index in [1.54, 1.807) is 6.92 Å². The van der Waals surface area contributed by atoms with Gasteiger partial charge in [0.25, 0.3) is 0 Å². The van der Waals surface area contributed by atoms with E-state index in [0.29, 0.717) is 50.1 Å².